The van der Waals surface area contributed by atoms with Gasteiger partial charge in [0.1, 0.15) is 4.83 Å². The Morgan fingerprint density at radius 3 is 2.93 bits per heavy atom. The third kappa shape index (κ3) is 1.35. The number of hydrogen-bond acceptors (Lipinski definition) is 3. The van der Waals surface area contributed by atoms with Crippen LogP contribution in [-0.4, -0.2) is 9.13 Å². The van der Waals surface area contributed by atoms with E-state index in [1.165, 1.54) is 20.5 Å². The molecule has 0 N–H and O–H groups in total. The van der Waals surface area contributed by atoms with Crippen molar-refractivity contribution in [1.29, 1.82) is 0 Å². The highest BCUT2D eigenvalue weighted by atomic mass is 32.1. The second kappa shape index (κ2) is 3.51. The predicted octanol–water partition coefficient (Wildman–Crippen LogP) is 0.948. The summed E-state index contributed by atoms with van der Waals surface area (Å²) in [5.74, 6) is 0. The summed E-state index contributed by atoms with van der Waals surface area (Å²) in [5.41, 5.74) is -0.538. The van der Waals surface area contributed by atoms with Gasteiger partial charge in [-0.2, -0.15) is 0 Å². The van der Waals surface area contributed by atoms with E-state index < -0.39 is 0 Å². The number of fused-ring (bicyclic) bond motifs is 1. The van der Waals surface area contributed by atoms with Gasteiger partial charge >= 0.3 is 5.69 Å². The van der Waals surface area contributed by atoms with Crippen molar-refractivity contribution in [1.82, 2.24) is 9.13 Å². The first kappa shape index (κ1) is 9.92. The molecule has 0 aliphatic rings. The molecule has 78 valence electrons. The Balaban J connectivity index is 2.98. The first-order chi connectivity index (χ1) is 7.16. The van der Waals surface area contributed by atoms with Crippen molar-refractivity contribution in [3.63, 3.8) is 0 Å². The fourth-order valence-corrected chi connectivity index (χ4v) is 2.37. The zero-order chi connectivity index (χ0) is 11.0. The molecule has 0 atom stereocenters. The molecule has 0 aliphatic carbocycles. The second-order valence-corrected chi connectivity index (χ2v) is 4.08. The smallest absolute Gasteiger partial charge is 0.287 e. The Kier molecular flexibility index (Phi) is 2.32. The van der Waals surface area contributed by atoms with Crippen molar-refractivity contribution >= 4 is 21.6 Å². The molecular weight excluding hydrogens is 212 g/mol. The standard InChI is InChI=1S/C10H10N2O2S/c1-3-5-12-8(13)7-4-6-15-9(7)11(2)10(12)14/h3-4,6H,1,5H2,2H3. The summed E-state index contributed by atoms with van der Waals surface area (Å²) >= 11 is 1.39. The fourth-order valence-electron chi connectivity index (χ4n) is 1.51. The molecule has 2 rings (SSSR count). The molecular formula is C10H10N2O2S. The number of aryl methyl sites for hydroxylation is 1. The Morgan fingerprint density at radius 2 is 2.27 bits per heavy atom. The molecule has 0 unspecified atom stereocenters. The van der Waals surface area contributed by atoms with E-state index in [-0.39, 0.29) is 17.8 Å². The summed E-state index contributed by atoms with van der Waals surface area (Å²) < 4.78 is 2.67. The summed E-state index contributed by atoms with van der Waals surface area (Å²) in [4.78, 5) is 24.4. The van der Waals surface area contributed by atoms with Crippen LogP contribution in [0.4, 0.5) is 0 Å². The van der Waals surface area contributed by atoms with E-state index in [0.717, 1.165) is 0 Å². The van der Waals surface area contributed by atoms with Crippen molar-refractivity contribution in [2.45, 2.75) is 6.54 Å². The molecule has 2 heterocycles. The van der Waals surface area contributed by atoms with Crippen LogP contribution in [0.5, 0.6) is 0 Å². The van der Waals surface area contributed by atoms with Crippen LogP contribution in [0.25, 0.3) is 10.2 Å². The van der Waals surface area contributed by atoms with E-state index in [0.29, 0.717) is 10.2 Å². The van der Waals surface area contributed by atoms with Crippen molar-refractivity contribution in [3.05, 3.63) is 44.9 Å². The number of allylic oxidation sites excluding steroid dienone is 1. The van der Waals surface area contributed by atoms with Gasteiger partial charge in [-0.15, -0.1) is 17.9 Å². The molecule has 0 amide bonds. The van der Waals surface area contributed by atoms with Gasteiger partial charge in [0.2, 0.25) is 0 Å². The second-order valence-electron chi connectivity index (χ2n) is 3.19. The largest absolute Gasteiger partial charge is 0.332 e. The van der Waals surface area contributed by atoms with Crippen molar-refractivity contribution in [3.8, 4) is 0 Å². The maximum atomic E-state index is 11.9. The Hall–Kier alpha value is -1.62. The number of nitrogens with zero attached hydrogens (tertiary/aromatic N) is 2. The highest BCUT2D eigenvalue weighted by Gasteiger charge is 2.10. The van der Waals surface area contributed by atoms with E-state index in [1.807, 2.05) is 5.38 Å². The molecule has 0 aromatic carbocycles. The van der Waals surface area contributed by atoms with Crippen LogP contribution in [0.1, 0.15) is 0 Å². The van der Waals surface area contributed by atoms with Gasteiger partial charge in [0, 0.05) is 13.6 Å². The normalized spacial score (nSPS) is 10.7. The zero-order valence-electron chi connectivity index (χ0n) is 8.27. The van der Waals surface area contributed by atoms with E-state index in [1.54, 1.807) is 19.2 Å². The number of thiophene rings is 1. The summed E-state index contributed by atoms with van der Waals surface area (Å²) in [6, 6.07) is 1.74. The number of aromatic nitrogens is 2. The average Bonchev–Trinajstić information content (AvgIpc) is 2.70. The van der Waals surface area contributed by atoms with Gasteiger partial charge in [-0.1, -0.05) is 6.08 Å². The maximum absolute atomic E-state index is 11.9. The first-order valence-electron chi connectivity index (χ1n) is 4.44. The van der Waals surface area contributed by atoms with Crippen molar-refractivity contribution < 1.29 is 0 Å². The molecule has 0 spiro atoms. The monoisotopic (exact) mass is 222 g/mol. The number of hydrogen-bond donors (Lipinski definition) is 0. The molecule has 15 heavy (non-hydrogen) atoms. The lowest BCUT2D eigenvalue weighted by Gasteiger charge is -2.05. The topological polar surface area (TPSA) is 44.0 Å². The fraction of sp³-hybridized carbons (Fsp3) is 0.200. The molecule has 0 fully saturated rings. The molecule has 0 saturated carbocycles. The van der Waals surface area contributed by atoms with Gasteiger partial charge in [0.05, 0.1) is 5.39 Å². The van der Waals surface area contributed by atoms with Gasteiger partial charge in [-0.25, -0.2) is 4.79 Å². The third-order valence-electron chi connectivity index (χ3n) is 2.25. The third-order valence-corrected chi connectivity index (χ3v) is 3.24. The van der Waals surface area contributed by atoms with Crippen LogP contribution in [0.3, 0.4) is 0 Å². The Morgan fingerprint density at radius 1 is 1.53 bits per heavy atom. The highest BCUT2D eigenvalue weighted by molar-refractivity contribution is 7.16. The summed E-state index contributed by atoms with van der Waals surface area (Å²) in [7, 11) is 1.67. The van der Waals surface area contributed by atoms with Gasteiger partial charge < -0.3 is 0 Å². The van der Waals surface area contributed by atoms with E-state index in [2.05, 4.69) is 6.58 Å². The van der Waals surface area contributed by atoms with Gasteiger partial charge in [0.15, 0.2) is 0 Å². The van der Waals surface area contributed by atoms with Crippen LogP contribution >= 0.6 is 11.3 Å². The zero-order valence-corrected chi connectivity index (χ0v) is 9.08. The van der Waals surface area contributed by atoms with E-state index in [9.17, 15) is 9.59 Å². The first-order valence-corrected chi connectivity index (χ1v) is 5.32. The van der Waals surface area contributed by atoms with Gasteiger partial charge in [-0.05, 0) is 11.4 Å². The van der Waals surface area contributed by atoms with E-state index >= 15 is 0 Å². The minimum atomic E-state index is -0.296. The van der Waals surface area contributed by atoms with Crippen LogP contribution < -0.4 is 11.2 Å². The Labute approximate surface area is 89.7 Å². The average molecular weight is 222 g/mol. The van der Waals surface area contributed by atoms with Crippen molar-refractivity contribution in [2.24, 2.45) is 7.05 Å². The molecule has 0 aliphatic heterocycles. The van der Waals surface area contributed by atoms with Crippen LogP contribution in [0, 0.1) is 0 Å². The number of rotatable bonds is 2. The lowest BCUT2D eigenvalue weighted by Crippen LogP contribution is -2.38. The maximum Gasteiger partial charge on any atom is 0.332 e. The molecule has 5 heteroatoms. The summed E-state index contributed by atoms with van der Waals surface area (Å²) in [6.45, 7) is 3.78. The predicted molar refractivity (Wildman–Crippen MR) is 61.5 cm³/mol. The SMILES string of the molecule is C=CCn1c(=O)c2ccsc2n(C)c1=O. The van der Waals surface area contributed by atoms with Gasteiger partial charge in [-0.3, -0.25) is 13.9 Å². The Bertz CT molecular complexity index is 633. The molecule has 0 saturated heterocycles. The molecule has 0 bridgehead atoms. The highest BCUT2D eigenvalue weighted by Crippen LogP contribution is 2.14. The quantitative estimate of drug-likeness (QED) is 0.710. The minimum Gasteiger partial charge on any atom is -0.287 e. The molecule has 2 aromatic rings. The lowest BCUT2D eigenvalue weighted by atomic mass is 10.4. The summed E-state index contributed by atoms with van der Waals surface area (Å²) in [5, 5.41) is 2.40. The van der Waals surface area contributed by atoms with Gasteiger partial charge in [0.25, 0.3) is 5.56 Å². The van der Waals surface area contributed by atoms with Crippen LogP contribution in [-0.2, 0) is 13.6 Å². The van der Waals surface area contributed by atoms with Crippen LogP contribution in [0.2, 0.25) is 0 Å². The van der Waals surface area contributed by atoms with Crippen molar-refractivity contribution in [2.75, 3.05) is 0 Å². The van der Waals surface area contributed by atoms with E-state index in [4.69, 9.17) is 0 Å². The summed E-state index contributed by atoms with van der Waals surface area (Å²) in [6.07, 6.45) is 1.54. The molecule has 0 radical (unpaired) electrons. The minimum absolute atomic E-state index is 0.241. The lowest BCUT2D eigenvalue weighted by molar-refractivity contribution is 0.674. The van der Waals surface area contributed by atoms with Crippen LogP contribution in [0.15, 0.2) is 33.7 Å². The molecule has 2 aromatic heterocycles. The molecule has 4 nitrogen and oxygen atoms in total.